The van der Waals surface area contributed by atoms with Gasteiger partial charge in [0.25, 0.3) is 6.47 Å². The van der Waals surface area contributed by atoms with Crippen LogP contribution in [0.1, 0.15) is 0 Å². The third kappa shape index (κ3) is 2.01. The molecule has 0 atom stereocenters. The Hall–Kier alpha value is -0.900. The van der Waals surface area contributed by atoms with Crippen molar-refractivity contribution in [3.8, 4) is 5.75 Å². The lowest BCUT2D eigenvalue weighted by molar-refractivity contribution is -0.120. The van der Waals surface area contributed by atoms with E-state index in [2.05, 4.69) is 20.7 Å². The molecule has 1 rings (SSSR count). The zero-order valence-electron chi connectivity index (χ0n) is 5.38. The average Bonchev–Trinajstić information content (AvgIpc) is 1.95. The summed E-state index contributed by atoms with van der Waals surface area (Å²) >= 11 is 3.02. The zero-order valence-corrected chi connectivity index (χ0v) is 6.97. The normalized spacial score (nSPS) is 9.27. The monoisotopic (exact) mass is 218 g/mol. The fourth-order valence-electron chi connectivity index (χ4n) is 0.623. The van der Waals surface area contributed by atoms with E-state index in [1.54, 1.807) is 0 Å². The third-order valence-electron chi connectivity index (χ3n) is 1.07. The van der Waals surface area contributed by atoms with Gasteiger partial charge in [-0.3, -0.25) is 4.79 Å². The van der Waals surface area contributed by atoms with Crippen LogP contribution in [0.25, 0.3) is 0 Å². The number of carbonyl (C=O) groups excluding carboxylic acids is 1. The van der Waals surface area contributed by atoms with Crippen molar-refractivity contribution in [2.75, 3.05) is 0 Å². The molecule has 1 aromatic carbocycles. The number of hydrogen-bond donors (Lipinski definition) is 0. The summed E-state index contributed by atoms with van der Waals surface area (Å²) in [5, 5.41) is 0. The Labute approximate surface area is 71.1 Å². The molecule has 0 aliphatic rings. The topological polar surface area (TPSA) is 26.3 Å². The van der Waals surface area contributed by atoms with E-state index >= 15 is 0 Å². The molecule has 4 heteroatoms. The van der Waals surface area contributed by atoms with Gasteiger partial charge in [0.15, 0.2) is 0 Å². The predicted octanol–water partition coefficient (Wildman–Crippen LogP) is 2.12. The van der Waals surface area contributed by atoms with E-state index in [-0.39, 0.29) is 12.3 Å². The largest absolute Gasteiger partial charge is 0.428 e. The van der Waals surface area contributed by atoms with E-state index in [4.69, 9.17) is 0 Å². The van der Waals surface area contributed by atoms with Crippen molar-refractivity contribution in [1.29, 1.82) is 0 Å². The van der Waals surface area contributed by atoms with Crippen molar-refractivity contribution in [3.63, 3.8) is 0 Å². The van der Waals surface area contributed by atoms with Crippen molar-refractivity contribution >= 4 is 22.4 Å². The molecular weight excluding hydrogens is 215 g/mol. The predicted molar refractivity (Wildman–Crippen MR) is 40.8 cm³/mol. The first kappa shape index (κ1) is 8.20. The molecule has 0 saturated carbocycles. The first-order valence-corrected chi connectivity index (χ1v) is 3.58. The molecule has 11 heavy (non-hydrogen) atoms. The SMILES string of the molecule is O=COc1ccc(F)cc1Br. The van der Waals surface area contributed by atoms with Gasteiger partial charge in [-0.1, -0.05) is 0 Å². The number of hydrogen-bond acceptors (Lipinski definition) is 2. The van der Waals surface area contributed by atoms with Crippen LogP contribution in [0.5, 0.6) is 5.75 Å². The van der Waals surface area contributed by atoms with Crippen LogP contribution in [0, 0.1) is 5.82 Å². The van der Waals surface area contributed by atoms with Crippen LogP contribution in [-0.4, -0.2) is 6.47 Å². The highest BCUT2D eigenvalue weighted by atomic mass is 79.9. The van der Waals surface area contributed by atoms with E-state index in [0.29, 0.717) is 10.2 Å². The first-order chi connectivity index (χ1) is 5.24. The lowest BCUT2D eigenvalue weighted by Gasteiger charge is -1.99. The molecule has 0 N–H and O–H groups in total. The molecular formula is C7H4BrFO2. The minimum absolute atomic E-state index is 0.290. The molecule has 0 aliphatic carbocycles. The van der Waals surface area contributed by atoms with Crippen LogP contribution < -0.4 is 4.74 Å². The van der Waals surface area contributed by atoms with Crippen molar-refractivity contribution in [3.05, 3.63) is 28.5 Å². The Morgan fingerprint density at radius 2 is 2.27 bits per heavy atom. The van der Waals surface area contributed by atoms with E-state index in [0.717, 1.165) is 0 Å². The van der Waals surface area contributed by atoms with E-state index < -0.39 is 0 Å². The molecule has 58 valence electrons. The van der Waals surface area contributed by atoms with Gasteiger partial charge in [0, 0.05) is 0 Å². The Morgan fingerprint density at radius 3 is 2.82 bits per heavy atom. The second kappa shape index (κ2) is 3.48. The number of ether oxygens (including phenoxy) is 1. The van der Waals surface area contributed by atoms with Gasteiger partial charge >= 0.3 is 0 Å². The minimum atomic E-state index is -0.380. The van der Waals surface area contributed by atoms with Crippen LogP contribution in [0.2, 0.25) is 0 Å². The second-order valence-electron chi connectivity index (χ2n) is 1.79. The maximum atomic E-state index is 12.4. The quantitative estimate of drug-likeness (QED) is 0.712. The standard InChI is InChI=1S/C7H4BrFO2/c8-6-3-5(9)1-2-7(6)11-4-10/h1-4H. The molecule has 0 unspecified atom stereocenters. The van der Waals surface area contributed by atoms with Gasteiger partial charge in [0.1, 0.15) is 11.6 Å². The summed E-state index contributed by atoms with van der Waals surface area (Å²) in [6, 6.07) is 3.80. The van der Waals surface area contributed by atoms with Crippen molar-refractivity contribution in [2.24, 2.45) is 0 Å². The molecule has 0 spiro atoms. The van der Waals surface area contributed by atoms with Gasteiger partial charge in [-0.25, -0.2) is 4.39 Å². The number of carbonyl (C=O) groups is 1. The summed E-state index contributed by atoms with van der Waals surface area (Å²) < 4.78 is 17.3. The van der Waals surface area contributed by atoms with Gasteiger partial charge in [-0.05, 0) is 34.1 Å². The summed E-state index contributed by atoms with van der Waals surface area (Å²) in [4.78, 5) is 9.87. The minimum Gasteiger partial charge on any atom is -0.428 e. The average molecular weight is 219 g/mol. The van der Waals surface area contributed by atoms with Gasteiger partial charge < -0.3 is 4.74 Å². The fraction of sp³-hybridized carbons (Fsp3) is 0. The first-order valence-electron chi connectivity index (χ1n) is 2.79. The van der Waals surface area contributed by atoms with Gasteiger partial charge in [-0.2, -0.15) is 0 Å². The van der Waals surface area contributed by atoms with Gasteiger partial charge in [0.2, 0.25) is 0 Å². The second-order valence-corrected chi connectivity index (χ2v) is 2.64. The highest BCUT2D eigenvalue weighted by molar-refractivity contribution is 9.10. The van der Waals surface area contributed by atoms with Gasteiger partial charge in [-0.15, -0.1) is 0 Å². The van der Waals surface area contributed by atoms with Crippen molar-refractivity contribution < 1.29 is 13.9 Å². The Bertz CT molecular complexity index is 275. The summed E-state index contributed by atoms with van der Waals surface area (Å²) in [5.74, 6) is -0.0727. The van der Waals surface area contributed by atoms with Crippen LogP contribution in [-0.2, 0) is 4.79 Å². The van der Waals surface area contributed by atoms with E-state index in [1.165, 1.54) is 18.2 Å². The third-order valence-corrected chi connectivity index (χ3v) is 1.69. The van der Waals surface area contributed by atoms with Crippen LogP contribution in [0.15, 0.2) is 22.7 Å². The Kier molecular flexibility index (Phi) is 2.59. The fourth-order valence-corrected chi connectivity index (χ4v) is 1.07. The van der Waals surface area contributed by atoms with Crippen molar-refractivity contribution in [2.45, 2.75) is 0 Å². The summed E-state index contributed by atoms with van der Waals surface area (Å²) in [5.41, 5.74) is 0. The molecule has 2 nitrogen and oxygen atoms in total. The maximum Gasteiger partial charge on any atom is 0.298 e. The number of rotatable bonds is 2. The highest BCUT2D eigenvalue weighted by Gasteiger charge is 2.00. The van der Waals surface area contributed by atoms with E-state index in [9.17, 15) is 9.18 Å². The van der Waals surface area contributed by atoms with Crippen LogP contribution >= 0.6 is 15.9 Å². The molecule has 0 saturated heterocycles. The summed E-state index contributed by atoms with van der Waals surface area (Å²) in [6.07, 6.45) is 0. The highest BCUT2D eigenvalue weighted by Crippen LogP contribution is 2.24. The summed E-state index contributed by atoms with van der Waals surface area (Å²) in [7, 11) is 0. The molecule has 0 aliphatic heterocycles. The number of halogens is 2. The maximum absolute atomic E-state index is 12.4. The smallest absolute Gasteiger partial charge is 0.298 e. The van der Waals surface area contributed by atoms with E-state index in [1.807, 2.05) is 0 Å². The molecule has 0 heterocycles. The van der Waals surface area contributed by atoms with Crippen molar-refractivity contribution in [1.82, 2.24) is 0 Å². The number of benzene rings is 1. The molecule has 0 fully saturated rings. The van der Waals surface area contributed by atoms with Crippen LogP contribution in [0.4, 0.5) is 4.39 Å². The Balaban J connectivity index is 2.98. The molecule has 0 aromatic heterocycles. The van der Waals surface area contributed by atoms with Crippen LogP contribution in [0.3, 0.4) is 0 Å². The van der Waals surface area contributed by atoms with Gasteiger partial charge in [0.05, 0.1) is 4.47 Å². The molecule has 0 radical (unpaired) electrons. The molecule has 0 amide bonds. The lowest BCUT2D eigenvalue weighted by atomic mass is 10.3. The molecule has 0 bridgehead atoms. The Morgan fingerprint density at radius 1 is 1.55 bits per heavy atom. The lowest BCUT2D eigenvalue weighted by Crippen LogP contribution is -1.89. The zero-order chi connectivity index (χ0) is 8.27. The summed E-state index contributed by atoms with van der Waals surface area (Å²) in [6.45, 7) is 0.290. The molecule has 1 aromatic rings.